The zero-order valence-electron chi connectivity index (χ0n) is 13.4. The lowest BCUT2D eigenvalue weighted by Gasteiger charge is -2.42. The number of rotatable bonds is 5. The van der Waals surface area contributed by atoms with E-state index in [9.17, 15) is 4.79 Å². The van der Waals surface area contributed by atoms with Crippen LogP contribution in [-0.2, 0) is 0 Å². The summed E-state index contributed by atoms with van der Waals surface area (Å²) in [5, 5.41) is 0.627. The number of carbonyl (C=O) groups is 1. The van der Waals surface area contributed by atoms with E-state index in [1.165, 1.54) is 25.7 Å². The number of nitrogens with zero attached hydrogens (tertiary/aromatic N) is 1. The number of likely N-dealkylation sites (tertiary alicyclic amines) is 1. The second-order valence-corrected chi connectivity index (χ2v) is 6.73. The van der Waals surface area contributed by atoms with Crippen LogP contribution in [0.25, 0.3) is 0 Å². The van der Waals surface area contributed by atoms with Crippen molar-refractivity contribution in [3.63, 3.8) is 0 Å². The highest BCUT2D eigenvalue weighted by molar-refractivity contribution is 6.31. The molecule has 21 heavy (non-hydrogen) atoms. The van der Waals surface area contributed by atoms with E-state index in [4.69, 9.17) is 11.6 Å². The van der Waals surface area contributed by atoms with Crippen molar-refractivity contribution < 1.29 is 4.79 Å². The standard InChI is InChI=1S/C18H26ClNO/c1-4-18(5-2)9-11-20(12-10-18)14(3)17(21)15-7-6-8-16(19)13-15/h6-8,13-14H,4-5,9-12H2,1-3H3. The van der Waals surface area contributed by atoms with E-state index < -0.39 is 0 Å². The first-order chi connectivity index (χ1) is 10.0. The molecule has 1 aromatic rings. The highest BCUT2D eigenvalue weighted by Gasteiger charge is 2.34. The summed E-state index contributed by atoms with van der Waals surface area (Å²) in [4.78, 5) is 14.9. The maximum Gasteiger partial charge on any atom is 0.179 e. The van der Waals surface area contributed by atoms with Gasteiger partial charge in [-0.3, -0.25) is 9.69 Å². The number of piperidine rings is 1. The number of halogens is 1. The van der Waals surface area contributed by atoms with Gasteiger partial charge in [0.25, 0.3) is 0 Å². The molecule has 0 saturated carbocycles. The zero-order valence-corrected chi connectivity index (χ0v) is 14.1. The van der Waals surface area contributed by atoms with Crippen molar-refractivity contribution in [2.45, 2.75) is 52.5 Å². The number of hydrogen-bond acceptors (Lipinski definition) is 2. The Bertz CT molecular complexity index is 486. The number of ketones is 1. The Morgan fingerprint density at radius 2 is 1.90 bits per heavy atom. The molecule has 3 heteroatoms. The van der Waals surface area contributed by atoms with E-state index in [-0.39, 0.29) is 11.8 Å². The molecule has 0 bridgehead atoms. The minimum atomic E-state index is -0.0600. The van der Waals surface area contributed by atoms with Gasteiger partial charge in [-0.15, -0.1) is 0 Å². The molecule has 0 amide bonds. The lowest BCUT2D eigenvalue weighted by molar-refractivity contribution is 0.0574. The van der Waals surface area contributed by atoms with Crippen LogP contribution in [0.2, 0.25) is 5.02 Å². The number of carbonyl (C=O) groups excluding carboxylic acids is 1. The molecule has 2 nitrogen and oxygen atoms in total. The highest BCUT2D eigenvalue weighted by Crippen LogP contribution is 2.38. The molecule has 0 spiro atoms. The van der Waals surface area contributed by atoms with E-state index >= 15 is 0 Å². The van der Waals surface area contributed by atoms with Crippen LogP contribution in [0.3, 0.4) is 0 Å². The number of hydrogen-bond donors (Lipinski definition) is 0. The zero-order chi connectivity index (χ0) is 15.5. The van der Waals surface area contributed by atoms with Crippen LogP contribution in [0.15, 0.2) is 24.3 Å². The maximum absolute atomic E-state index is 12.6. The average molecular weight is 308 g/mol. The molecular weight excluding hydrogens is 282 g/mol. The van der Waals surface area contributed by atoms with Gasteiger partial charge in [-0.25, -0.2) is 0 Å². The molecular formula is C18H26ClNO. The minimum absolute atomic E-state index is 0.0600. The van der Waals surface area contributed by atoms with E-state index in [2.05, 4.69) is 18.7 Å². The van der Waals surface area contributed by atoms with Crippen molar-refractivity contribution >= 4 is 17.4 Å². The lowest BCUT2D eigenvalue weighted by Crippen LogP contribution is -2.46. The summed E-state index contributed by atoms with van der Waals surface area (Å²) in [5.74, 6) is 0.179. The van der Waals surface area contributed by atoms with Gasteiger partial charge < -0.3 is 0 Å². The molecule has 0 aliphatic carbocycles. The summed E-state index contributed by atoms with van der Waals surface area (Å²) in [6, 6.07) is 7.22. The average Bonchev–Trinajstić information content (AvgIpc) is 2.53. The quantitative estimate of drug-likeness (QED) is 0.727. The van der Waals surface area contributed by atoms with Crippen LogP contribution in [0, 0.1) is 5.41 Å². The minimum Gasteiger partial charge on any atom is -0.293 e. The molecule has 1 aromatic carbocycles. The van der Waals surface area contributed by atoms with Crippen LogP contribution in [-0.4, -0.2) is 29.8 Å². The smallest absolute Gasteiger partial charge is 0.179 e. The van der Waals surface area contributed by atoms with E-state index in [1.807, 2.05) is 19.1 Å². The fourth-order valence-electron chi connectivity index (χ4n) is 3.39. The lowest BCUT2D eigenvalue weighted by atomic mass is 9.74. The third-order valence-electron chi connectivity index (χ3n) is 5.39. The Balaban J connectivity index is 2.02. The van der Waals surface area contributed by atoms with Crippen molar-refractivity contribution in [2.75, 3.05) is 13.1 Å². The normalized spacial score (nSPS) is 20.2. The molecule has 1 saturated heterocycles. The molecule has 2 rings (SSSR count). The molecule has 1 aliphatic heterocycles. The fourth-order valence-corrected chi connectivity index (χ4v) is 3.58. The first-order valence-corrected chi connectivity index (χ1v) is 8.43. The molecule has 1 heterocycles. The Labute approximate surface area is 133 Å². The van der Waals surface area contributed by atoms with Gasteiger partial charge in [-0.05, 0) is 50.4 Å². The molecule has 0 N–H and O–H groups in total. The first kappa shape index (κ1) is 16.5. The van der Waals surface area contributed by atoms with Crippen LogP contribution < -0.4 is 0 Å². The number of benzene rings is 1. The summed E-state index contributed by atoms with van der Waals surface area (Å²) >= 11 is 5.99. The summed E-state index contributed by atoms with van der Waals surface area (Å²) in [6.07, 6.45) is 4.89. The van der Waals surface area contributed by atoms with Gasteiger partial charge in [0.2, 0.25) is 0 Å². The van der Waals surface area contributed by atoms with E-state index in [0.717, 1.165) is 18.7 Å². The maximum atomic E-state index is 12.6. The largest absolute Gasteiger partial charge is 0.293 e. The molecule has 1 fully saturated rings. The Hall–Kier alpha value is -0.860. The van der Waals surface area contributed by atoms with Crippen molar-refractivity contribution in [1.29, 1.82) is 0 Å². The Morgan fingerprint density at radius 1 is 1.29 bits per heavy atom. The van der Waals surface area contributed by atoms with Gasteiger partial charge in [-0.2, -0.15) is 0 Å². The Kier molecular flexibility index (Phi) is 5.45. The molecule has 1 unspecified atom stereocenters. The van der Waals surface area contributed by atoms with Crippen LogP contribution in [0.1, 0.15) is 56.8 Å². The third-order valence-corrected chi connectivity index (χ3v) is 5.63. The van der Waals surface area contributed by atoms with Gasteiger partial charge in [0.05, 0.1) is 6.04 Å². The van der Waals surface area contributed by atoms with E-state index in [0.29, 0.717) is 10.4 Å². The predicted octanol–water partition coefficient (Wildman–Crippen LogP) is 4.81. The second kappa shape index (κ2) is 6.93. The topological polar surface area (TPSA) is 20.3 Å². The molecule has 0 radical (unpaired) electrons. The van der Waals surface area contributed by atoms with Gasteiger partial charge in [-0.1, -0.05) is 50.4 Å². The van der Waals surface area contributed by atoms with Crippen LogP contribution >= 0.6 is 11.6 Å². The predicted molar refractivity (Wildman–Crippen MR) is 89.1 cm³/mol. The molecule has 0 aromatic heterocycles. The summed E-state index contributed by atoms with van der Waals surface area (Å²) in [5.41, 5.74) is 1.22. The van der Waals surface area contributed by atoms with Crippen LogP contribution in [0.5, 0.6) is 0 Å². The highest BCUT2D eigenvalue weighted by atomic mass is 35.5. The Morgan fingerprint density at radius 3 is 2.43 bits per heavy atom. The molecule has 116 valence electrons. The SMILES string of the molecule is CCC1(CC)CCN(C(C)C(=O)c2cccc(Cl)c2)CC1. The summed E-state index contributed by atoms with van der Waals surface area (Å²) in [6.45, 7) is 8.65. The van der Waals surface area contributed by atoms with Crippen molar-refractivity contribution in [2.24, 2.45) is 5.41 Å². The monoisotopic (exact) mass is 307 g/mol. The van der Waals surface area contributed by atoms with E-state index in [1.54, 1.807) is 12.1 Å². The van der Waals surface area contributed by atoms with Crippen molar-refractivity contribution in [1.82, 2.24) is 4.90 Å². The van der Waals surface area contributed by atoms with Gasteiger partial charge >= 0.3 is 0 Å². The fraction of sp³-hybridized carbons (Fsp3) is 0.611. The second-order valence-electron chi connectivity index (χ2n) is 6.29. The van der Waals surface area contributed by atoms with Gasteiger partial charge in [0.1, 0.15) is 0 Å². The van der Waals surface area contributed by atoms with Crippen LogP contribution in [0.4, 0.5) is 0 Å². The summed E-state index contributed by atoms with van der Waals surface area (Å²) < 4.78 is 0. The molecule has 1 aliphatic rings. The first-order valence-electron chi connectivity index (χ1n) is 8.05. The summed E-state index contributed by atoms with van der Waals surface area (Å²) in [7, 11) is 0. The van der Waals surface area contributed by atoms with Gasteiger partial charge in [0, 0.05) is 10.6 Å². The van der Waals surface area contributed by atoms with Crippen molar-refractivity contribution in [3.05, 3.63) is 34.9 Å². The third kappa shape index (κ3) is 3.67. The molecule has 1 atom stereocenters. The van der Waals surface area contributed by atoms with Gasteiger partial charge in [0.15, 0.2) is 5.78 Å². The number of Topliss-reactive ketones (excluding diaryl/α,β-unsaturated/α-hetero) is 1. The van der Waals surface area contributed by atoms with Crippen molar-refractivity contribution in [3.8, 4) is 0 Å².